The Hall–Kier alpha value is -1.33. The molecule has 5 nitrogen and oxygen atoms in total. The summed E-state index contributed by atoms with van der Waals surface area (Å²) in [4.78, 5) is 16.8. The van der Waals surface area contributed by atoms with Crippen LogP contribution in [0.5, 0.6) is 0 Å². The normalized spacial score (nSPS) is 15.5. The molecule has 124 valence electrons. The van der Waals surface area contributed by atoms with Crippen LogP contribution >= 0.6 is 0 Å². The molecular formula is C17H29N3O2. The monoisotopic (exact) mass is 307 g/mol. The van der Waals surface area contributed by atoms with Crippen molar-refractivity contribution in [3.05, 3.63) is 23.2 Å². The number of carbonyl (C=O) groups is 1. The summed E-state index contributed by atoms with van der Waals surface area (Å²) in [7, 11) is 0. The maximum atomic E-state index is 12.5. The van der Waals surface area contributed by atoms with Gasteiger partial charge in [0.05, 0.1) is 0 Å². The van der Waals surface area contributed by atoms with Crippen LogP contribution in [0.15, 0.2) is 10.5 Å². The molecule has 0 unspecified atom stereocenters. The lowest BCUT2D eigenvalue weighted by atomic mass is 10.2. The third kappa shape index (κ3) is 4.34. The van der Waals surface area contributed by atoms with Crippen molar-refractivity contribution in [3.8, 4) is 0 Å². The smallest absolute Gasteiger partial charge is 0.289 e. The zero-order valence-electron chi connectivity index (χ0n) is 14.2. The molecule has 1 saturated heterocycles. The summed E-state index contributed by atoms with van der Waals surface area (Å²) in [5, 5.41) is 3.26. The predicted molar refractivity (Wildman–Crippen MR) is 88.1 cm³/mol. The number of hydrogen-bond donors (Lipinski definition) is 1. The molecular weight excluding hydrogens is 278 g/mol. The van der Waals surface area contributed by atoms with E-state index in [2.05, 4.69) is 24.1 Å². The molecule has 2 heterocycles. The number of amides is 1. The summed E-state index contributed by atoms with van der Waals surface area (Å²) in [6, 6.07) is 1.94. The number of nitrogens with zero attached hydrogens (tertiary/aromatic N) is 2. The first-order valence-electron chi connectivity index (χ1n) is 8.47. The topological polar surface area (TPSA) is 48.7 Å². The van der Waals surface area contributed by atoms with Crippen LogP contribution in [-0.4, -0.2) is 55.0 Å². The van der Waals surface area contributed by atoms with Crippen molar-refractivity contribution >= 4 is 5.91 Å². The quantitative estimate of drug-likeness (QED) is 0.839. The Morgan fingerprint density at radius 2 is 2.09 bits per heavy atom. The minimum absolute atomic E-state index is 0.0208. The third-order valence-corrected chi connectivity index (χ3v) is 4.30. The van der Waals surface area contributed by atoms with E-state index in [-0.39, 0.29) is 5.91 Å². The molecule has 0 radical (unpaired) electrons. The average molecular weight is 307 g/mol. The van der Waals surface area contributed by atoms with Gasteiger partial charge < -0.3 is 14.6 Å². The van der Waals surface area contributed by atoms with E-state index in [0.29, 0.717) is 5.76 Å². The van der Waals surface area contributed by atoms with Gasteiger partial charge in [0, 0.05) is 38.3 Å². The van der Waals surface area contributed by atoms with Gasteiger partial charge in [0.1, 0.15) is 5.76 Å². The Morgan fingerprint density at radius 1 is 1.36 bits per heavy atom. The van der Waals surface area contributed by atoms with E-state index in [4.69, 9.17) is 4.42 Å². The molecule has 1 N–H and O–H groups in total. The molecule has 2 rings (SSSR count). The van der Waals surface area contributed by atoms with Crippen LogP contribution in [0.25, 0.3) is 0 Å². The highest BCUT2D eigenvalue weighted by molar-refractivity contribution is 5.91. The third-order valence-electron chi connectivity index (χ3n) is 4.30. The van der Waals surface area contributed by atoms with E-state index in [1.54, 1.807) is 0 Å². The fourth-order valence-electron chi connectivity index (χ4n) is 2.78. The molecule has 5 heteroatoms. The Balaban J connectivity index is 2.01. The van der Waals surface area contributed by atoms with Crippen LogP contribution < -0.4 is 5.32 Å². The fraction of sp³-hybridized carbons (Fsp3) is 0.706. The molecule has 0 bridgehead atoms. The first-order valence-corrected chi connectivity index (χ1v) is 8.47. The number of aryl methyl sites for hydroxylation is 1. The predicted octanol–water partition coefficient (Wildman–Crippen LogP) is 2.26. The number of furan rings is 1. The van der Waals surface area contributed by atoms with Gasteiger partial charge in [0.15, 0.2) is 5.76 Å². The molecule has 0 spiro atoms. The summed E-state index contributed by atoms with van der Waals surface area (Å²) in [6.45, 7) is 12.6. The number of nitrogens with one attached hydrogen (secondary N) is 1. The summed E-state index contributed by atoms with van der Waals surface area (Å²) < 4.78 is 5.74. The van der Waals surface area contributed by atoms with Crippen LogP contribution in [-0.2, 0) is 6.54 Å². The van der Waals surface area contributed by atoms with E-state index in [9.17, 15) is 4.79 Å². The van der Waals surface area contributed by atoms with Gasteiger partial charge in [0.25, 0.3) is 5.91 Å². The van der Waals surface area contributed by atoms with Crippen molar-refractivity contribution < 1.29 is 9.21 Å². The second-order valence-electron chi connectivity index (χ2n) is 5.96. The number of rotatable bonds is 7. The van der Waals surface area contributed by atoms with Gasteiger partial charge in [-0.05, 0) is 32.5 Å². The lowest BCUT2D eigenvalue weighted by Crippen LogP contribution is -2.46. The first kappa shape index (κ1) is 17.0. The number of hydrogen-bond acceptors (Lipinski definition) is 4. The van der Waals surface area contributed by atoms with E-state index in [0.717, 1.165) is 57.1 Å². The summed E-state index contributed by atoms with van der Waals surface area (Å²) in [5.74, 6) is 1.38. The van der Waals surface area contributed by atoms with Crippen molar-refractivity contribution in [2.75, 3.05) is 39.3 Å². The SMILES string of the molecule is CCCCN(CC)Cc1cc(C(=O)N2CCNCC2)oc1C. The maximum absolute atomic E-state index is 12.5. The van der Waals surface area contributed by atoms with Crippen molar-refractivity contribution in [2.24, 2.45) is 0 Å². The molecule has 1 aliphatic rings. The lowest BCUT2D eigenvalue weighted by molar-refractivity contribution is 0.0702. The minimum Gasteiger partial charge on any atom is -0.456 e. The minimum atomic E-state index is 0.0208. The Labute approximate surface area is 133 Å². The van der Waals surface area contributed by atoms with Gasteiger partial charge in [0.2, 0.25) is 0 Å². The fourth-order valence-corrected chi connectivity index (χ4v) is 2.78. The summed E-state index contributed by atoms with van der Waals surface area (Å²) >= 11 is 0. The molecule has 0 aromatic carbocycles. The van der Waals surface area contributed by atoms with Crippen LogP contribution in [0.1, 0.15) is 48.6 Å². The second-order valence-corrected chi connectivity index (χ2v) is 5.96. The summed E-state index contributed by atoms with van der Waals surface area (Å²) in [5.41, 5.74) is 1.14. The Kier molecular flexibility index (Phi) is 6.46. The Morgan fingerprint density at radius 3 is 2.73 bits per heavy atom. The highest BCUT2D eigenvalue weighted by atomic mass is 16.4. The highest BCUT2D eigenvalue weighted by Crippen LogP contribution is 2.19. The van der Waals surface area contributed by atoms with E-state index in [1.807, 2.05) is 17.9 Å². The zero-order valence-corrected chi connectivity index (χ0v) is 14.2. The Bertz CT molecular complexity index is 478. The van der Waals surface area contributed by atoms with Crippen LogP contribution in [0, 0.1) is 6.92 Å². The van der Waals surface area contributed by atoms with E-state index >= 15 is 0 Å². The number of unbranched alkanes of at least 4 members (excludes halogenated alkanes) is 1. The van der Waals surface area contributed by atoms with Crippen LogP contribution in [0.3, 0.4) is 0 Å². The molecule has 22 heavy (non-hydrogen) atoms. The van der Waals surface area contributed by atoms with Gasteiger partial charge >= 0.3 is 0 Å². The molecule has 0 saturated carbocycles. The van der Waals surface area contributed by atoms with Gasteiger partial charge in [-0.1, -0.05) is 20.3 Å². The largest absolute Gasteiger partial charge is 0.456 e. The molecule has 1 aromatic rings. The molecule has 0 atom stereocenters. The average Bonchev–Trinajstić information content (AvgIpc) is 2.92. The lowest BCUT2D eigenvalue weighted by Gasteiger charge is -2.26. The molecule has 1 aromatic heterocycles. The van der Waals surface area contributed by atoms with Crippen molar-refractivity contribution in [3.63, 3.8) is 0 Å². The van der Waals surface area contributed by atoms with Gasteiger partial charge in [-0.25, -0.2) is 0 Å². The first-order chi connectivity index (χ1) is 10.7. The second kappa shape index (κ2) is 8.34. The molecule has 1 amide bonds. The zero-order chi connectivity index (χ0) is 15.9. The van der Waals surface area contributed by atoms with E-state index in [1.165, 1.54) is 12.8 Å². The molecule has 1 aliphatic heterocycles. The summed E-state index contributed by atoms with van der Waals surface area (Å²) in [6.07, 6.45) is 2.41. The van der Waals surface area contributed by atoms with Gasteiger partial charge in [-0.3, -0.25) is 9.69 Å². The standard InChI is InChI=1S/C17H29N3O2/c1-4-6-9-19(5-2)13-15-12-16(22-14(15)3)17(21)20-10-7-18-8-11-20/h12,18H,4-11,13H2,1-3H3. The van der Waals surface area contributed by atoms with Gasteiger partial charge in [-0.2, -0.15) is 0 Å². The van der Waals surface area contributed by atoms with Gasteiger partial charge in [-0.15, -0.1) is 0 Å². The van der Waals surface area contributed by atoms with Crippen LogP contribution in [0.2, 0.25) is 0 Å². The van der Waals surface area contributed by atoms with Crippen molar-refractivity contribution in [2.45, 2.75) is 40.2 Å². The molecule has 1 fully saturated rings. The van der Waals surface area contributed by atoms with Crippen molar-refractivity contribution in [1.82, 2.24) is 15.1 Å². The van der Waals surface area contributed by atoms with E-state index < -0.39 is 0 Å². The number of piperazine rings is 1. The molecule has 0 aliphatic carbocycles. The maximum Gasteiger partial charge on any atom is 0.289 e. The highest BCUT2D eigenvalue weighted by Gasteiger charge is 2.22. The number of carbonyl (C=O) groups excluding carboxylic acids is 1. The van der Waals surface area contributed by atoms with Crippen LogP contribution in [0.4, 0.5) is 0 Å². The van der Waals surface area contributed by atoms with Crippen molar-refractivity contribution in [1.29, 1.82) is 0 Å².